The molecule has 0 aliphatic rings. The van der Waals surface area contributed by atoms with Gasteiger partial charge in [-0.1, -0.05) is 36.4 Å². The average Bonchev–Trinajstić information content (AvgIpc) is 3.06. The smallest absolute Gasteiger partial charge is 0.251 e. The average molecular weight is 350 g/mol. The van der Waals surface area contributed by atoms with Crippen LogP contribution < -0.4 is 10.6 Å². The molecule has 5 nitrogen and oxygen atoms in total. The van der Waals surface area contributed by atoms with Gasteiger partial charge in [0.25, 0.3) is 5.91 Å². The highest BCUT2D eigenvalue weighted by Crippen LogP contribution is 2.23. The zero-order chi connectivity index (χ0) is 18.5. The standard InChI is InChI=1S/C21H22N2O3/c1-14-7-3-5-9-17(14)21(25)22-12-11-20(24)23-15(2)19-13-16-8-4-6-10-18(16)26-19/h3-10,13,15H,11-12H2,1-2H3,(H,22,25)(H,23,24)/t15-/m1/s1. The van der Waals surface area contributed by atoms with Crippen LogP contribution >= 0.6 is 0 Å². The van der Waals surface area contributed by atoms with E-state index in [2.05, 4.69) is 10.6 Å². The topological polar surface area (TPSA) is 71.3 Å². The first kappa shape index (κ1) is 17.7. The molecule has 1 heterocycles. The number of carbonyl (C=O) groups is 2. The van der Waals surface area contributed by atoms with Crippen molar-refractivity contribution in [3.8, 4) is 0 Å². The Kier molecular flexibility index (Phi) is 5.37. The fourth-order valence-electron chi connectivity index (χ4n) is 2.81. The highest BCUT2D eigenvalue weighted by Gasteiger charge is 2.14. The van der Waals surface area contributed by atoms with Gasteiger partial charge >= 0.3 is 0 Å². The van der Waals surface area contributed by atoms with Gasteiger partial charge in [0.15, 0.2) is 0 Å². The van der Waals surface area contributed by atoms with E-state index in [1.165, 1.54) is 0 Å². The number of hydrogen-bond acceptors (Lipinski definition) is 3. The molecule has 1 aromatic heterocycles. The van der Waals surface area contributed by atoms with Gasteiger partial charge in [-0.3, -0.25) is 9.59 Å². The van der Waals surface area contributed by atoms with Gasteiger partial charge in [-0.15, -0.1) is 0 Å². The van der Waals surface area contributed by atoms with Crippen LogP contribution in [0, 0.1) is 6.92 Å². The van der Waals surface area contributed by atoms with Crippen molar-refractivity contribution in [3.05, 3.63) is 71.5 Å². The van der Waals surface area contributed by atoms with Crippen LogP contribution in [0.5, 0.6) is 0 Å². The number of carbonyl (C=O) groups excluding carboxylic acids is 2. The van der Waals surface area contributed by atoms with Gasteiger partial charge in [0.05, 0.1) is 6.04 Å². The fraction of sp³-hybridized carbons (Fsp3) is 0.238. The summed E-state index contributed by atoms with van der Waals surface area (Å²) in [5.74, 6) is 0.410. The normalized spacial score (nSPS) is 11.9. The lowest BCUT2D eigenvalue weighted by atomic mass is 10.1. The van der Waals surface area contributed by atoms with Crippen LogP contribution in [0.2, 0.25) is 0 Å². The lowest BCUT2D eigenvalue weighted by Gasteiger charge is -2.12. The summed E-state index contributed by atoms with van der Waals surface area (Å²) in [6, 6.07) is 16.8. The third-order valence-electron chi connectivity index (χ3n) is 4.28. The molecule has 0 bridgehead atoms. The van der Waals surface area contributed by atoms with Crippen LogP contribution in [-0.4, -0.2) is 18.4 Å². The van der Waals surface area contributed by atoms with E-state index in [4.69, 9.17) is 4.42 Å². The van der Waals surface area contributed by atoms with Crippen LogP contribution in [0.3, 0.4) is 0 Å². The Morgan fingerprint density at radius 3 is 2.58 bits per heavy atom. The Balaban J connectivity index is 1.49. The number of rotatable bonds is 6. The molecule has 2 aromatic carbocycles. The quantitative estimate of drug-likeness (QED) is 0.711. The van der Waals surface area contributed by atoms with Gasteiger partial charge in [0.1, 0.15) is 11.3 Å². The SMILES string of the molecule is Cc1ccccc1C(=O)NCCC(=O)N[C@H](C)c1cc2ccccc2o1. The largest absolute Gasteiger partial charge is 0.459 e. The summed E-state index contributed by atoms with van der Waals surface area (Å²) < 4.78 is 5.76. The summed E-state index contributed by atoms with van der Waals surface area (Å²) in [5.41, 5.74) is 2.34. The molecule has 134 valence electrons. The summed E-state index contributed by atoms with van der Waals surface area (Å²) in [6.45, 7) is 4.05. The molecule has 0 radical (unpaired) electrons. The van der Waals surface area contributed by atoms with Crippen LogP contribution in [0.1, 0.15) is 41.1 Å². The molecule has 0 aliphatic carbocycles. The molecule has 3 rings (SSSR count). The highest BCUT2D eigenvalue weighted by molar-refractivity contribution is 5.95. The number of amides is 2. The molecule has 26 heavy (non-hydrogen) atoms. The minimum absolute atomic E-state index is 0.136. The molecule has 0 unspecified atom stereocenters. The first-order valence-corrected chi connectivity index (χ1v) is 8.66. The van der Waals surface area contributed by atoms with E-state index in [-0.39, 0.29) is 30.8 Å². The van der Waals surface area contributed by atoms with E-state index in [0.29, 0.717) is 11.3 Å². The second-order valence-electron chi connectivity index (χ2n) is 6.30. The van der Waals surface area contributed by atoms with Gasteiger partial charge in [-0.2, -0.15) is 0 Å². The Morgan fingerprint density at radius 1 is 1.08 bits per heavy atom. The molecule has 1 atom stereocenters. The number of furan rings is 1. The maximum atomic E-state index is 12.1. The number of hydrogen-bond donors (Lipinski definition) is 2. The van der Waals surface area contributed by atoms with Crippen LogP contribution in [0.25, 0.3) is 11.0 Å². The minimum Gasteiger partial charge on any atom is -0.459 e. The summed E-state index contributed by atoms with van der Waals surface area (Å²) >= 11 is 0. The lowest BCUT2D eigenvalue weighted by molar-refractivity contribution is -0.121. The summed E-state index contributed by atoms with van der Waals surface area (Å²) in [6.07, 6.45) is 0.211. The summed E-state index contributed by atoms with van der Waals surface area (Å²) in [7, 11) is 0. The molecule has 0 aliphatic heterocycles. The van der Waals surface area contributed by atoms with Crippen molar-refractivity contribution in [2.24, 2.45) is 0 Å². The fourth-order valence-corrected chi connectivity index (χ4v) is 2.81. The first-order chi connectivity index (χ1) is 12.5. The van der Waals surface area contributed by atoms with E-state index in [9.17, 15) is 9.59 Å². The van der Waals surface area contributed by atoms with Crippen LogP contribution in [0.15, 0.2) is 59.0 Å². The second-order valence-corrected chi connectivity index (χ2v) is 6.30. The van der Waals surface area contributed by atoms with Crippen molar-refractivity contribution in [2.75, 3.05) is 6.54 Å². The Bertz CT molecular complexity index is 897. The van der Waals surface area contributed by atoms with E-state index >= 15 is 0 Å². The van der Waals surface area contributed by atoms with E-state index in [0.717, 1.165) is 16.5 Å². The molecule has 5 heteroatoms. The van der Waals surface area contributed by atoms with E-state index in [1.807, 2.05) is 62.4 Å². The molecule has 3 aromatic rings. The summed E-state index contributed by atoms with van der Waals surface area (Å²) in [5, 5.41) is 6.69. The van der Waals surface area contributed by atoms with Crippen molar-refractivity contribution in [2.45, 2.75) is 26.3 Å². The van der Waals surface area contributed by atoms with Crippen molar-refractivity contribution >= 4 is 22.8 Å². The summed E-state index contributed by atoms with van der Waals surface area (Å²) in [4.78, 5) is 24.3. The first-order valence-electron chi connectivity index (χ1n) is 8.66. The molecule has 0 saturated heterocycles. The lowest BCUT2D eigenvalue weighted by Crippen LogP contribution is -2.32. The third-order valence-corrected chi connectivity index (χ3v) is 4.28. The van der Waals surface area contributed by atoms with Crippen molar-refractivity contribution in [3.63, 3.8) is 0 Å². The predicted octanol–water partition coefficient (Wildman–Crippen LogP) is 3.74. The number of nitrogens with one attached hydrogen (secondary N) is 2. The van der Waals surface area contributed by atoms with E-state index in [1.54, 1.807) is 6.07 Å². The molecule has 2 amide bonds. The molecular weight excluding hydrogens is 328 g/mol. The Labute approximate surface area is 152 Å². The van der Waals surface area contributed by atoms with Gasteiger partial charge < -0.3 is 15.1 Å². The number of benzene rings is 2. The Hall–Kier alpha value is -3.08. The molecule has 2 N–H and O–H groups in total. The molecule has 0 fully saturated rings. The van der Waals surface area contributed by atoms with Crippen molar-refractivity contribution < 1.29 is 14.0 Å². The van der Waals surface area contributed by atoms with Gasteiger partial charge in [-0.05, 0) is 37.6 Å². The van der Waals surface area contributed by atoms with Gasteiger partial charge in [0, 0.05) is 23.9 Å². The van der Waals surface area contributed by atoms with E-state index < -0.39 is 0 Å². The Morgan fingerprint density at radius 2 is 1.81 bits per heavy atom. The third kappa shape index (κ3) is 4.11. The maximum absolute atomic E-state index is 12.1. The van der Waals surface area contributed by atoms with Crippen molar-refractivity contribution in [1.82, 2.24) is 10.6 Å². The number of aryl methyl sites for hydroxylation is 1. The molecule has 0 spiro atoms. The zero-order valence-corrected chi connectivity index (χ0v) is 14.9. The van der Waals surface area contributed by atoms with Crippen LogP contribution in [-0.2, 0) is 4.79 Å². The minimum atomic E-state index is -0.234. The molecule has 0 saturated carbocycles. The van der Waals surface area contributed by atoms with Crippen LogP contribution in [0.4, 0.5) is 0 Å². The van der Waals surface area contributed by atoms with Gasteiger partial charge in [0.2, 0.25) is 5.91 Å². The predicted molar refractivity (Wildman–Crippen MR) is 101 cm³/mol. The number of para-hydroxylation sites is 1. The zero-order valence-electron chi connectivity index (χ0n) is 14.9. The van der Waals surface area contributed by atoms with Gasteiger partial charge in [-0.25, -0.2) is 0 Å². The monoisotopic (exact) mass is 350 g/mol. The molecular formula is C21H22N2O3. The highest BCUT2D eigenvalue weighted by atomic mass is 16.3. The van der Waals surface area contributed by atoms with Crippen molar-refractivity contribution in [1.29, 1.82) is 0 Å². The maximum Gasteiger partial charge on any atom is 0.251 e. The number of fused-ring (bicyclic) bond motifs is 1. The second kappa shape index (κ2) is 7.87.